The van der Waals surface area contributed by atoms with Crippen molar-refractivity contribution < 1.29 is 0 Å². The van der Waals surface area contributed by atoms with Gasteiger partial charge < -0.3 is 0 Å². The monoisotopic (exact) mass is 216 g/mol. The van der Waals surface area contributed by atoms with Crippen LogP contribution >= 0.6 is 0 Å². The van der Waals surface area contributed by atoms with Crippen molar-refractivity contribution in [1.82, 2.24) is 0 Å². The molecule has 0 aromatic heterocycles. The summed E-state index contributed by atoms with van der Waals surface area (Å²) in [4.78, 5) is 0. The Morgan fingerprint density at radius 1 is 1.31 bits per heavy atom. The van der Waals surface area contributed by atoms with Crippen molar-refractivity contribution in [2.45, 2.75) is 65.2 Å². The van der Waals surface area contributed by atoms with Gasteiger partial charge in [-0.25, -0.2) is 0 Å². The first-order valence-electron chi connectivity index (χ1n) is 6.60. The van der Waals surface area contributed by atoms with Gasteiger partial charge in [-0.05, 0) is 59.8 Å². The van der Waals surface area contributed by atoms with Gasteiger partial charge in [0.05, 0.1) is 0 Å². The van der Waals surface area contributed by atoms with Gasteiger partial charge in [-0.2, -0.15) is 0 Å². The molecule has 0 saturated carbocycles. The summed E-state index contributed by atoms with van der Waals surface area (Å²) in [5.41, 5.74) is 6.79. The predicted octanol–water partition coefficient (Wildman–Crippen LogP) is 4.73. The van der Waals surface area contributed by atoms with Crippen molar-refractivity contribution in [2.75, 3.05) is 0 Å². The molecule has 16 heavy (non-hydrogen) atoms. The quantitative estimate of drug-likeness (QED) is 0.670. The van der Waals surface area contributed by atoms with E-state index in [4.69, 9.17) is 0 Å². The molecular formula is C16H24. The Balaban J connectivity index is 2.64. The number of rotatable bonds is 2. The highest BCUT2D eigenvalue weighted by Crippen LogP contribution is 2.44. The van der Waals surface area contributed by atoms with Crippen LogP contribution in [0.25, 0.3) is 0 Å². The molecule has 0 heteroatoms. The molecule has 88 valence electrons. The van der Waals surface area contributed by atoms with Crippen molar-refractivity contribution in [1.29, 1.82) is 0 Å². The molecule has 1 aliphatic carbocycles. The van der Waals surface area contributed by atoms with Crippen molar-refractivity contribution in [3.8, 4) is 0 Å². The number of fused-ring (bicyclic) bond motifs is 1. The lowest BCUT2D eigenvalue weighted by molar-refractivity contribution is 0.512. The van der Waals surface area contributed by atoms with E-state index in [0.29, 0.717) is 11.3 Å². The summed E-state index contributed by atoms with van der Waals surface area (Å²) >= 11 is 0. The largest absolute Gasteiger partial charge is 0.0648 e. The first-order valence-corrected chi connectivity index (χ1v) is 6.60. The minimum Gasteiger partial charge on any atom is -0.0648 e. The zero-order valence-electron chi connectivity index (χ0n) is 11.4. The Hall–Kier alpha value is -0.780. The third kappa shape index (κ3) is 1.69. The van der Waals surface area contributed by atoms with Crippen molar-refractivity contribution in [3.05, 3.63) is 34.4 Å². The van der Waals surface area contributed by atoms with Crippen LogP contribution in [0.5, 0.6) is 0 Å². The predicted molar refractivity (Wildman–Crippen MR) is 71.2 cm³/mol. The molecule has 0 saturated heterocycles. The Morgan fingerprint density at radius 2 is 2.00 bits per heavy atom. The Kier molecular flexibility index (Phi) is 2.86. The molecule has 0 nitrogen and oxygen atoms in total. The van der Waals surface area contributed by atoms with Crippen molar-refractivity contribution in [2.24, 2.45) is 0 Å². The number of hydrogen-bond acceptors (Lipinski definition) is 0. The molecule has 1 unspecified atom stereocenters. The van der Waals surface area contributed by atoms with Crippen LogP contribution in [0, 0.1) is 6.92 Å². The number of hydrogen-bond donors (Lipinski definition) is 0. The van der Waals surface area contributed by atoms with E-state index >= 15 is 0 Å². The van der Waals surface area contributed by atoms with E-state index in [-0.39, 0.29) is 0 Å². The van der Waals surface area contributed by atoms with Gasteiger partial charge in [0, 0.05) is 0 Å². The van der Waals surface area contributed by atoms with Crippen molar-refractivity contribution >= 4 is 0 Å². The zero-order valence-corrected chi connectivity index (χ0v) is 11.4. The van der Waals surface area contributed by atoms with E-state index in [0.717, 1.165) is 0 Å². The van der Waals surface area contributed by atoms with Crippen LogP contribution < -0.4 is 0 Å². The fourth-order valence-electron chi connectivity index (χ4n) is 3.19. The molecule has 0 aliphatic heterocycles. The molecule has 1 aromatic carbocycles. The average molecular weight is 216 g/mol. The smallest absolute Gasteiger partial charge is 0.00947 e. The maximum absolute atomic E-state index is 2.41. The van der Waals surface area contributed by atoms with Gasteiger partial charge in [0.1, 0.15) is 0 Å². The summed E-state index contributed by atoms with van der Waals surface area (Å²) in [6.07, 6.45) is 3.83. The van der Waals surface area contributed by atoms with Gasteiger partial charge in [0.25, 0.3) is 0 Å². The van der Waals surface area contributed by atoms with E-state index in [1.54, 1.807) is 16.7 Å². The topological polar surface area (TPSA) is 0 Å². The second-order valence-corrected chi connectivity index (χ2v) is 6.02. The summed E-state index contributed by atoms with van der Waals surface area (Å²) < 4.78 is 0. The minimum atomic E-state index is 0.389. The van der Waals surface area contributed by atoms with Crippen LogP contribution in [0.1, 0.15) is 68.7 Å². The minimum absolute atomic E-state index is 0.389. The molecule has 0 heterocycles. The summed E-state index contributed by atoms with van der Waals surface area (Å²) in [6, 6.07) is 4.67. The van der Waals surface area contributed by atoms with Crippen LogP contribution in [0.3, 0.4) is 0 Å². The molecular weight excluding hydrogens is 192 g/mol. The van der Waals surface area contributed by atoms with E-state index < -0.39 is 0 Å². The van der Waals surface area contributed by atoms with E-state index in [9.17, 15) is 0 Å². The highest BCUT2D eigenvalue weighted by molar-refractivity contribution is 5.49. The molecule has 1 atom stereocenters. The van der Waals surface area contributed by atoms with Gasteiger partial charge in [-0.1, -0.05) is 39.8 Å². The average Bonchev–Trinajstić information content (AvgIpc) is 2.54. The summed E-state index contributed by atoms with van der Waals surface area (Å²) in [5, 5.41) is 0. The molecule has 0 fully saturated rings. The maximum atomic E-state index is 2.41. The van der Waals surface area contributed by atoms with Crippen LogP contribution in [0.4, 0.5) is 0 Å². The lowest BCUT2D eigenvalue weighted by Crippen LogP contribution is -2.16. The third-order valence-corrected chi connectivity index (χ3v) is 4.35. The first kappa shape index (κ1) is 11.7. The lowest BCUT2D eigenvalue weighted by Gasteiger charge is -2.27. The van der Waals surface area contributed by atoms with Crippen LogP contribution in [0.2, 0.25) is 0 Å². The molecule has 1 aromatic rings. The van der Waals surface area contributed by atoms with Gasteiger partial charge in [-0.15, -0.1) is 0 Å². The first-order chi connectivity index (χ1) is 7.47. The Morgan fingerprint density at radius 3 is 2.62 bits per heavy atom. The van der Waals surface area contributed by atoms with E-state index in [2.05, 4.69) is 46.8 Å². The molecule has 0 N–H and O–H groups in total. The normalized spacial score (nSPS) is 19.6. The van der Waals surface area contributed by atoms with Gasteiger partial charge in [0.2, 0.25) is 0 Å². The van der Waals surface area contributed by atoms with Gasteiger partial charge in [-0.3, -0.25) is 0 Å². The number of aryl methyl sites for hydroxylation is 2. The standard InChI is InChI=1S/C16H24/c1-6-11(2)14-12(3)7-8-13-9-10-16(4,5)15(13)14/h7-8,11H,6,9-10H2,1-5H3. The SMILES string of the molecule is CCC(C)c1c(C)ccc2c1C(C)(C)CC2. The molecule has 1 aliphatic rings. The van der Waals surface area contributed by atoms with Crippen molar-refractivity contribution in [3.63, 3.8) is 0 Å². The van der Waals surface area contributed by atoms with Crippen LogP contribution in [-0.2, 0) is 11.8 Å². The fraction of sp³-hybridized carbons (Fsp3) is 0.625. The molecule has 2 rings (SSSR count). The fourth-order valence-corrected chi connectivity index (χ4v) is 3.19. The molecule has 0 spiro atoms. The number of benzene rings is 1. The second-order valence-electron chi connectivity index (χ2n) is 6.02. The Bertz CT molecular complexity index is 399. The summed E-state index contributed by atoms with van der Waals surface area (Å²) in [7, 11) is 0. The second kappa shape index (κ2) is 3.91. The summed E-state index contributed by atoms with van der Waals surface area (Å²) in [6.45, 7) is 11.8. The molecule has 0 amide bonds. The van der Waals surface area contributed by atoms with E-state index in [1.807, 2.05) is 0 Å². The molecule has 0 bridgehead atoms. The summed E-state index contributed by atoms with van der Waals surface area (Å²) in [5.74, 6) is 0.701. The highest BCUT2D eigenvalue weighted by atomic mass is 14.4. The lowest BCUT2D eigenvalue weighted by atomic mass is 9.78. The maximum Gasteiger partial charge on any atom is -0.00947 e. The van der Waals surface area contributed by atoms with Crippen LogP contribution in [-0.4, -0.2) is 0 Å². The van der Waals surface area contributed by atoms with Gasteiger partial charge in [0.15, 0.2) is 0 Å². The zero-order chi connectivity index (χ0) is 11.9. The Labute approximate surface area is 100 Å². The third-order valence-electron chi connectivity index (χ3n) is 4.35. The van der Waals surface area contributed by atoms with Crippen LogP contribution in [0.15, 0.2) is 12.1 Å². The van der Waals surface area contributed by atoms with E-state index in [1.165, 1.54) is 24.8 Å². The molecule has 0 radical (unpaired) electrons. The van der Waals surface area contributed by atoms with Gasteiger partial charge >= 0.3 is 0 Å². The highest BCUT2D eigenvalue weighted by Gasteiger charge is 2.33.